The van der Waals surface area contributed by atoms with Gasteiger partial charge in [0.15, 0.2) is 6.23 Å². The second-order valence-corrected chi connectivity index (χ2v) is 4.94. The highest BCUT2D eigenvalue weighted by atomic mass is 16.5. The first-order valence-electron chi connectivity index (χ1n) is 6.90. The Hall–Kier alpha value is -2.67. The number of aliphatic hydroxyl groups excluding tert-OH is 1. The summed E-state index contributed by atoms with van der Waals surface area (Å²) in [5.41, 5.74) is 2.01. The summed E-state index contributed by atoms with van der Waals surface area (Å²) in [5, 5.41) is 17.5. The van der Waals surface area contributed by atoms with E-state index in [1.807, 2.05) is 13.0 Å². The lowest BCUT2D eigenvalue weighted by atomic mass is 10.1. The van der Waals surface area contributed by atoms with Gasteiger partial charge < -0.3 is 9.84 Å². The second-order valence-electron chi connectivity index (χ2n) is 4.94. The number of ether oxygens (including phenoxy) is 1. The quantitative estimate of drug-likeness (QED) is 0.910. The lowest BCUT2D eigenvalue weighted by molar-refractivity contribution is -0.0364. The van der Waals surface area contributed by atoms with Crippen LogP contribution in [0, 0.1) is 6.92 Å². The Morgan fingerprint density at radius 1 is 1.41 bits per heavy atom. The molecule has 7 nitrogen and oxygen atoms in total. The van der Waals surface area contributed by atoms with Crippen LogP contribution in [0.5, 0.6) is 0 Å². The predicted molar refractivity (Wildman–Crippen MR) is 78.2 cm³/mol. The molecule has 1 aliphatic heterocycles. The van der Waals surface area contributed by atoms with Gasteiger partial charge in [-0.15, -0.1) is 0 Å². The maximum Gasteiger partial charge on any atom is 0.259 e. The van der Waals surface area contributed by atoms with Crippen molar-refractivity contribution in [2.24, 2.45) is 0 Å². The summed E-state index contributed by atoms with van der Waals surface area (Å²) in [6.45, 7) is 2.02. The molecule has 0 bridgehead atoms. The van der Waals surface area contributed by atoms with Crippen LogP contribution < -0.4 is 0 Å². The van der Waals surface area contributed by atoms with Gasteiger partial charge in [-0.1, -0.05) is 11.6 Å². The molecule has 1 N–H and O–H groups in total. The summed E-state index contributed by atoms with van der Waals surface area (Å²) in [6, 6.07) is 5.48. The van der Waals surface area contributed by atoms with Crippen LogP contribution in [0.2, 0.25) is 0 Å². The van der Waals surface area contributed by atoms with Gasteiger partial charge in [-0.2, -0.15) is 15.0 Å². The fourth-order valence-electron chi connectivity index (χ4n) is 2.34. The van der Waals surface area contributed by atoms with Crippen LogP contribution in [0.15, 0.2) is 42.9 Å². The Bertz CT molecular complexity index is 697. The number of aromatic nitrogens is 3. The number of rotatable bonds is 3. The Morgan fingerprint density at radius 3 is 2.91 bits per heavy atom. The molecule has 0 saturated carbocycles. The summed E-state index contributed by atoms with van der Waals surface area (Å²) in [5.74, 6) is -0.237. The average molecular weight is 300 g/mol. The molecule has 114 valence electrons. The van der Waals surface area contributed by atoms with E-state index in [1.54, 1.807) is 30.6 Å². The van der Waals surface area contributed by atoms with E-state index in [0.717, 1.165) is 5.56 Å². The Labute approximate surface area is 127 Å². The number of carbonyl (C=O) groups excluding carboxylic acids is 1. The molecule has 1 atom stereocenters. The highest BCUT2D eigenvalue weighted by Crippen LogP contribution is 2.20. The maximum atomic E-state index is 12.9. The van der Waals surface area contributed by atoms with Crippen LogP contribution in [0.25, 0.3) is 5.69 Å². The zero-order chi connectivity index (χ0) is 15.5. The van der Waals surface area contributed by atoms with Gasteiger partial charge in [0, 0.05) is 6.54 Å². The van der Waals surface area contributed by atoms with Gasteiger partial charge in [-0.25, -0.2) is 0 Å². The van der Waals surface area contributed by atoms with E-state index >= 15 is 0 Å². The van der Waals surface area contributed by atoms with E-state index < -0.39 is 6.23 Å². The minimum Gasteiger partial charge on any atom is -0.476 e. The predicted octanol–water partition coefficient (Wildman–Crippen LogP) is 0.880. The number of hydrogen-bond donors (Lipinski definition) is 1. The Balaban J connectivity index is 2.01. The fraction of sp³-hybridized carbons (Fsp3) is 0.267. The van der Waals surface area contributed by atoms with Crippen molar-refractivity contribution in [1.82, 2.24) is 19.9 Å². The fourth-order valence-corrected chi connectivity index (χ4v) is 2.34. The first-order valence-corrected chi connectivity index (χ1v) is 6.90. The van der Waals surface area contributed by atoms with Gasteiger partial charge in [-0.05, 0) is 25.1 Å². The highest BCUT2D eigenvalue weighted by Gasteiger charge is 2.28. The maximum absolute atomic E-state index is 12.9. The van der Waals surface area contributed by atoms with Crippen molar-refractivity contribution in [2.75, 3.05) is 13.2 Å². The van der Waals surface area contributed by atoms with Crippen molar-refractivity contribution in [3.05, 3.63) is 54.1 Å². The molecule has 1 aromatic carbocycles. The van der Waals surface area contributed by atoms with Crippen LogP contribution in [0.4, 0.5) is 0 Å². The molecular formula is C15H16N4O3. The van der Waals surface area contributed by atoms with E-state index in [2.05, 4.69) is 10.2 Å². The number of amides is 1. The molecule has 0 aliphatic carbocycles. The van der Waals surface area contributed by atoms with E-state index in [1.165, 1.54) is 16.0 Å². The van der Waals surface area contributed by atoms with Crippen LogP contribution in [0.3, 0.4) is 0 Å². The molecule has 1 unspecified atom stereocenters. The summed E-state index contributed by atoms with van der Waals surface area (Å²) >= 11 is 0. The first-order chi connectivity index (χ1) is 10.7. The van der Waals surface area contributed by atoms with Crippen molar-refractivity contribution in [2.45, 2.75) is 13.2 Å². The van der Waals surface area contributed by atoms with E-state index in [4.69, 9.17) is 4.74 Å². The summed E-state index contributed by atoms with van der Waals surface area (Å²) in [4.78, 5) is 15.7. The standard InChI is InChI=1S/C15H16N4O3/c1-11-3-4-13(19-16-5-6-17-19)12(9-11)15(21)18-7-2-8-22-14(18)10-20/h2-6,8-9,14,20H,7,10H2,1H3. The molecule has 1 aliphatic rings. The molecule has 2 aromatic rings. The number of hydrogen-bond acceptors (Lipinski definition) is 5. The van der Waals surface area contributed by atoms with Gasteiger partial charge in [0.25, 0.3) is 5.91 Å². The van der Waals surface area contributed by atoms with Crippen molar-refractivity contribution in [3.63, 3.8) is 0 Å². The van der Waals surface area contributed by atoms with Gasteiger partial charge >= 0.3 is 0 Å². The molecule has 7 heteroatoms. The lowest BCUT2D eigenvalue weighted by Crippen LogP contribution is -2.45. The zero-order valence-corrected chi connectivity index (χ0v) is 12.1. The van der Waals surface area contributed by atoms with Gasteiger partial charge in [0.05, 0.1) is 36.5 Å². The topological polar surface area (TPSA) is 80.5 Å². The number of nitrogens with zero attached hydrogens (tertiary/aromatic N) is 4. The third kappa shape index (κ3) is 2.58. The first kappa shape index (κ1) is 14.3. The van der Waals surface area contributed by atoms with Crippen LogP contribution in [0.1, 0.15) is 15.9 Å². The van der Waals surface area contributed by atoms with Crippen LogP contribution in [-0.4, -0.2) is 50.3 Å². The van der Waals surface area contributed by atoms with Gasteiger partial charge in [0.2, 0.25) is 0 Å². The normalized spacial score (nSPS) is 17.4. The Morgan fingerprint density at radius 2 is 2.18 bits per heavy atom. The third-order valence-electron chi connectivity index (χ3n) is 3.42. The number of carbonyl (C=O) groups is 1. The smallest absolute Gasteiger partial charge is 0.259 e. The minimum atomic E-state index is -0.684. The number of aryl methyl sites for hydroxylation is 1. The van der Waals surface area contributed by atoms with Gasteiger partial charge in [-0.3, -0.25) is 9.69 Å². The van der Waals surface area contributed by atoms with Crippen molar-refractivity contribution >= 4 is 5.91 Å². The van der Waals surface area contributed by atoms with Crippen LogP contribution >= 0.6 is 0 Å². The summed E-state index contributed by atoms with van der Waals surface area (Å²) in [6.07, 6.45) is 5.65. The van der Waals surface area contributed by atoms with E-state index in [0.29, 0.717) is 17.8 Å². The SMILES string of the molecule is Cc1ccc(-n2nccn2)c(C(=O)N2CC=COC2CO)c1. The molecule has 22 heavy (non-hydrogen) atoms. The largest absolute Gasteiger partial charge is 0.476 e. The van der Waals surface area contributed by atoms with Crippen molar-refractivity contribution < 1.29 is 14.6 Å². The monoisotopic (exact) mass is 300 g/mol. The molecule has 0 saturated heterocycles. The van der Waals surface area contributed by atoms with E-state index in [-0.39, 0.29) is 12.5 Å². The molecule has 2 heterocycles. The molecule has 0 spiro atoms. The zero-order valence-electron chi connectivity index (χ0n) is 12.1. The van der Waals surface area contributed by atoms with Crippen LogP contribution in [-0.2, 0) is 4.74 Å². The average Bonchev–Trinajstić information content (AvgIpc) is 3.08. The van der Waals surface area contributed by atoms with E-state index in [9.17, 15) is 9.90 Å². The molecule has 1 amide bonds. The number of benzene rings is 1. The molecule has 3 rings (SSSR count). The Kier molecular flexibility index (Phi) is 3.88. The third-order valence-corrected chi connectivity index (χ3v) is 3.42. The van der Waals surface area contributed by atoms with Crippen molar-refractivity contribution in [1.29, 1.82) is 0 Å². The molecule has 1 aromatic heterocycles. The molecule has 0 radical (unpaired) electrons. The summed E-state index contributed by atoms with van der Waals surface area (Å²) < 4.78 is 5.28. The minimum absolute atomic E-state index is 0.237. The summed E-state index contributed by atoms with van der Waals surface area (Å²) in [7, 11) is 0. The molecular weight excluding hydrogens is 284 g/mol. The second kappa shape index (κ2) is 5.98. The van der Waals surface area contributed by atoms with Gasteiger partial charge in [0.1, 0.15) is 0 Å². The highest BCUT2D eigenvalue weighted by molar-refractivity contribution is 5.98. The molecule has 0 fully saturated rings. The number of aliphatic hydroxyl groups is 1. The lowest BCUT2D eigenvalue weighted by Gasteiger charge is -2.32. The van der Waals surface area contributed by atoms with Crippen molar-refractivity contribution in [3.8, 4) is 5.69 Å².